The van der Waals surface area contributed by atoms with Crippen molar-refractivity contribution in [3.05, 3.63) is 64.4 Å². The molecule has 1 N–H and O–H groups in total. The number of piperazine rings is 1. The molecule has 0 aliphatic carbocycles. The number of carbonyl (C=O) groups is 1. The van der Waals surface area contributed by atoms with Crippen LogP contribution in [-0.2, 0) is 11.3 Å². The summed E-state index contributed by atoms with van der Waals surface area (Å²) in [6.45, 7) is 6.24. The molecule has 206 valence electrons. The number of likely N-dealkylation sites (N-methyl/N-ethyl adjacent to an activating group) is 1. The van der Waals surface area contributed by atoms with Gasteiger partial charge in [0.25, 0.3) is 0 Å². The van der Waals surface area contributed by atoms with Crippen molar-refractivity contribution in [2.45, 2.75) is 25.8 Å². The number of aromatic nitrogens is 2. The number of likely N-dealkylation sites (tertiary alicyclic amines) is 1. The third-order valence-corrected chi connectivity index (χ3v) is 7.81. The first-order valence-corrected chi connectivity index (χ1v) is 14.0. The lowest BCUT2D eigenvalue weighted by molar-refractivity contribution is -0.138. The van der Waals surface area contributed by atoms with Gasteiger partial charge in [0.15, 0.2) is 5.75 Å². The van der Waals surface area contributed by atoms with Crippen LogP contribution in [0.3, 0.4) is 0 Å². The number of aliphatic carboxylic acids is 1. The molecule has 0 saturated carbocycles. The average Bonchev–Trinajstić information content (AvgIpc) is 2.90. The Hall–Kier alpha value is -2.91. The van der Waals surface area contributed by atoms with Gasteiger partial charge in [0.2, 0.25) is 5.95 Å². The number of ether oxygens (including phenoxy) is 1. The van der Waals surface area contributed by atoms with Crippen molar-refractivity contribution in [3.63, 3.8) is 0 Å². The molecule has 1 aromatic heterocycles. The van der Waals surface area contributed by atoms with Crippen LogP contribution in [0.2, 0.25) is 10.0 Å². The molecule has 0 radical (unpaired) electrons. The van der Waals surface area contributed by atoms with Crippen LogP contribution in [-0.4, -0.2) is 77.2 Å². The Kier molecular flexibility index (Phi) is 8.87. The number of nitrogens with zero attached hydrogens (tertiary/aromatic N) is 5. The average molecular weight is 571 g/mol. The van der Waals surface area contributed by atoms with Crippen LogP contribution in [0.4, 0.5) is 5.95 Å². The Morgan fingerprint density at radius 2 is 1.54 bits per heavy atom. The first-order valence-electron chi connectivity index (χ1n) is 13.3. The number of carboxylic acids is 1. The van der Waals surface area contributed by atoms with Gasteiger partial charge in [0, 0.05) is 49.2 Å². The first-order chi connectivity index (χ1) is 18.8. The zero-order chi connectivity index (χ0) is 27.4. The molecule has 0 bridgehead atoms. The molecule has 2 aliphatic rings. The lowest BCUT2D eigenvalue weighted by Gasteiger charge is -2.32. The quantitative estimate of drug-likeness (QED) is 0.371. The summed E-state index contributed by atoms with van der Waals surface area (Å²) in [6.07, 6.45) is 5.45. The smallest absolute Gasteiger partial charge is 0.303 e. The van der Waals surface area contributed by atoms with E-state index in [1.165, 1.54) is 0 Å². The number of benzene rings is 2. The largest absolute Gasteiger partial charge is 0.481 e. The molecule has 3 heterocycles. The van der Waals surface area contributed by atoms with E-state index in [-0.39, 0.29) is 12.3 Å². The molecule has 10 heteroatoms. The summed E-state index contributed by atoms with van der Waals surface area (Å²) in [4.78, 5) is 27.1. The molecule has 2 aliphatic heterocycles. The van der Waals surface area contributed by atoms with Gasteiger partial charge < -0.3 is 19.6 Å². The monoisotopic (exact) mass is 569 g/mol. The molecule has 0 atom stereocenters. The Balaban J connectivity index is 1.35. The van der Waals surface area contributed by atoms with E-state index in [9.17, 15) is 4.79 Å². The molecular formula is C29H33Cl2N5O3. The maximum Gasteiger partial charge on any atom is 0.303 e. The standard InChI is InChI=1S/C29H33Cl2N5O3/c1-34-6-8-36(9-7-34)29-32-17-27(18-33-29)39-26-11-21(19-35-4-2-20(3-5-35)12-28(37)38)10-22(15-26)23-13-24(30)16-25(31)14-23/h10-11,13-18,20H,2-9,12,19H2,1H3,(H,37,38). The van der Waals surface area contributed by atoms with Gasteiger partial charge in [-0.15, -0.1) is 0 Å². The van der Waals surface area contributed by atoms with Crippen LogP contribution in [0.1, 0.15) is 24.8 Å². The number of rotatable bonds is 8. The predicted molar refractivity (Wildman–Crippen MR) is 154 cm³/mol. The summed E-state index contributed by atoms with van der Waals surface area (Å²) in [7, 11) is 2.12. The lowest BCUT2D eigenvalue weighted by atomic mass is 9.93. The molecule has 2 aromatic carbocycles. The Bertz CT molecular complexity index is 1270. The highest BCUT2D eigenvalue weighted by Crippen LogP contribution is 2.33. The van der Waals surface area contributed by atoms with Gasteiger partial charge >= 0.3 is 5.97 Å². The molecule has 0 amide bonds. The van der Waals surface area contributed by atoms with Crippen molar-refractivity contribution < 1.29 is 14.6 Å². The maximum absolute atomic E-state index is 11.1. The molecular weight excluding hydrogens is 537 g/mol. The zero-order valence-corrected chi connectivity index (χ0v) is 23.5. The Morgan fingerprint density at radius 3 is 2.18 bits per heavy atom. The highest BCUT2D eigenvalue weighted by Gasteiger charge is 2.22. The highest BCUT2D eigenvalue weighted by atomic mass is 35.5. The fourth-order valence-electron chi connectivity index (χ4n) is 5.22. The van der Waals surface area contributed by atoms with Gasteiger partial charge in [-0.05, 0) is 92.0 Å². The molecule has 3 aromatic rings. The van der Waals surface area contributed by atoms with E-state index in [4.69, 9.17) is 33.0 Å². The summed E-state index contributed by atoms with van der Waals surface area (Å²) in [5.74, 6) is 1.48. The van der Waals surface area contributed by atoms with Gasteiger partial charge in [-0.1, -0.05) is 23.2 Å². The molecule has 8 nitrogen and oxygen atoms in total. The second kappa shape index (κ2) is 12.5. The summed E-state index contributed by atoms with van der Waals surface area (Å²) < 4.78 is 6.25. The van der Waals surface area contributed by atoms with Crippen molar-refractivity contribution >= 4 is 35.1 Å². The fourth-order valence-corrected chi connectivity index (χ4v) is 5.75. The van der Waals surface area contributed by atoms with E-state index in [2.05, 4.69) is 37.8 Å². The Labute approximate surface area is 239 Å². The van der Waals surface area contributed by atoms with E-state index >= 15 is 0 Å². The van der Waals surface area contributed by atoms with Crippen LogP contribution < -0.4 is 9.64 Å². The van der Waals surface area contributed by atoms with Crippen molar-refractivity contribution in [1.29, 1.82) is 0 Å². The first kappa shape index (κ1) is 27.6. The molecule has 0 unspecified atom stereocenters. The minimum Gasteiger partial charge on any atom is -0.481 e. The zero-order valence-electron chi connectivity index (χ0n) is 22.0. The van der Waals surface area contributed by atoms with E-state index in [1.54, 1.807) is 18.5 Å². The second-order valence-electron chi connectivity index (χ2n) is 10.5. The number of piperidine rings is 1. The van der Waals surface area contributed by atoms with E-state index in [0.29, 0.717) is 27.5 Å². The summed E-state index contributed by atoms with van der Waals surface area (Å²) in [5.41, 5.74) is 2.94. The molecule has 2 fully saturated rings. The summed E-state index contributed by atoms with van der Waals surface area (Å²) in [6, 6.07) is 11.6. The highest BCUT2D eigenvalue weighted by molar-refractivity contribution is 6.35. The predicted octanol–water partition coefficient (Wildman–Crippen LogP) is 5.68. The minimum atomic E-state index is -0.719. The van der Waals surface area contributed by atoms with Gasteiger partial charge in [-0.2, -0.15) is 0 Å². The topological polar surface area (TPSA) is 82.0 Å². The third kappa shape index (κ3) is 7.60. The number of hydrogen-bond donors (Lipinski definition) is 1. The SMILES string of the molecule is CN1CCN(c2ncc(Oc3cc(CN4CCC(CC(=O)O)CC4)cc(-c4cc(Cl)cc(Cl)c4)c3)cn2)CC1. The van der Waals surface area contributed by atoms with Gasteiger partial charge in [0.1, 0.15) is 5.75 Å². The molecule has 2 saturated heterocycles. The van der Waals surface area contributed by atoms with E-state index < -0.39 is 5.97 Å². The van der Waals surface area contributed by atoms with Crippen molar-refractivity contribution in [2.75, 3.05) is 51.2 Å². The van der Waals surface area contributed by atoms with Crippen LogP contribution in [0.5, 0.6) is 11.5 Å². The number of hydrogen-bond acceptors (Lipinski definition) is 7. The van der Waals surface area contributed by atoms with Crippen molar-refractivity contribution in [2.24, 2.45) is 5.92 Å². The van der Waals surface area contributed by atoms with Crippen LogP contribution in [0.15, 0.2) is 48.8 Å². The summed E-state index contributed by atoms with van der Waals surface area (Å²) in [5, 5.41) is 10.3. The molecule has 5 rings (SSSR count). The van der Waals surface area contributed by atoms with Gasteiger partial charge in [-0.3, -0.25) is 9.69 Å². The van der Waals surface area contributed by atoms with Crippen LogP contribution in [0.25, 0.3) is 11.1 Å². The van der Waals surface area contributed by atoms with Gasteiger partial charge in [-0.25, -0.2) is 9.97 Å². The number of halogens is 2. The van der Waals surface area contributed by atoms with Crippen molar-refractivity contribution in [1.82, 2.24) is 19.8 Å². The van der Waals surface area contributed by atoms with Crippen LogP contribution >= 0.6 is 23.2 Å². The third-order valence-electron chi connectivity index (χ3n) is 7.38. The van der Waals surface area contributed by atoms with E-state index in [0.717, 1.165) is 75.3 Å². The van der Waals surface area contributed by atoms with Crippen LogP contribution in [0, 0.1) is 5.92 Å². The molecule has 0 spiro atoms. The fraction of sp³-hybridized carbons (Fsp3) is 0.414. The Morgan fingerprint density at radius 1 is 0.897 bits per heavy atom. The molecule has 39 heavy (non-hydrogen) atoms. The van der Waals surface area contributed by atoms with E-state index in [1.807, 2.05) is 24.3 Å². The van der Waals surface area contributed by atoms with Crippen molar-refractivity contribution in [3.8, 4) is 22.6 Å². The second-order valence-corrected chi connectivity index (χ2v) is 11.3. The van der Waals surface area contributed by atoms with Gasteiger partial charge in [0.05, 0.1) is 12.4 Å². The maximum atomic E-state index is 11.1. The summed E-state index contributed by atoms with van der Waals surface area (Å²) >= 11 is 12.6. The normalized spacial score (nSPS) is 17.4. The lowest BCUT2D eigenvalue weighted by Crippen LogP contribution is -2.45. The number of anilines is 1. The number of carboxylic acid groups (broad SMARTS) is 1. The minimum absolute atomic E-state index is 0.242.